The predicted octanol–water partition coefficient (Wildman–Crippen LogP) is 0.446. The summed E-state index contributed by atoms with van der Waals surface area (Å²) >= 11 is 0. The summed E-state index contributed by atoms with van der Waals surface area (Å²) in [5, 5.41) is 10.7. The number of amides is 1. The fraction of sp³-hybridized carbons (Fsp3) is 0.385. The molecule has 1 aromatic carbocycles. The minimum absolute atomic E-state index is 0.0290. The fourth-order valence-corrected chi connectivity index (χ4v) is 2.76. The number of aryl methyl sites for hydroxylation is 1. The Hall–Kier alpha value is -2.00. The van der Waals surface area contributed by atoms with Crippen molar-refractivity contribution in [1.29, 1.82) is 0 Å². The van der Waals surface area contributed by atoms with E-state index in [4.69, 9.17) is 5.11 Å². The maximum Gasteiger partial charge on any atom is 0.328 e. The van der Waals surface area contributed by atoms with Crippen molar-refractivity contribution in [2.45, 2.75) is 24.8 Å². The van der Waals surface area contributed by atoms with E-state index in [-0.39, 0.29) is 17.0 Å². The predicted molar refractivity (Wildman–Crippen MR) is 76.9 cm³/mol. The van der Waals surface area contributed by atoms with Crippen molar-refractivity contribution in [3.8, 4) is 0 Å². The van der Waals surface area contributed by atoms with Gasteiger partial charge in [-0.25, -0.2) is 22.3 Å². The largest absolute Gasteiger partial charge is 0.480 e. The lowest BCUT2D eigenvalue weighted by molar-refractivity contribution is -0.139. The molecule has 0 aliphatic carbocycles. The molecule has 0 radical (unpaired) electrons. The van der Waals surface area contributed by atoms with Crippen LogP contribution in [0.1, 0.15) is 22.8 Å². The van der Waals surface area contributed by atoms with E-state index in [2.05, 4.69) is 4.72 Å². The van der Waals surface area contributed by atoms with Crippen LogP contribution in [0.3, 0.4) is 0 Å². The molecule has 0 heterocycles. The Morgan fingerprint density at radius 2 is 2.00 bits per heavy atom. The van der Waals surface area contributed by atoms with E-state index in [1.165, 1.54) is 12.1 Å². The molecular formula is C13H17FN2O5S. The van der Waals surface area contributed by atoms with Gasteiger partial charge < -0.3 is 10.4 Å². The van der Waals surface area contributed by atoms with Gasteiger partial charge in [0, 0.05) is 12.1 Å². The number of aliphatic carboxylic acids is 1. The summed E-state index contributed by atoms with van der Waals surface area (Å²) in [6.07, 6.45) is 0. The Bertz CT molecular complexity index is 675. The number of hydrogen-bond acceptors (Lipinski definition) is 4. The number of benzene rings is 1. The Labute approximate surface area is 127 Å². The molecule has 1 atom stereocenters. The third kappa shape index (κ3) is 4.25. The number of sulfonamides is 1. The number of alkyl halides is 1. The van der Waals surface area contributed by atoms with Crippen LogP contribution in [0.5, 0.6) is 0 Å². The standard InChI is InChI=1S/C13H17FN2O5S/c1-3-15-22(20,21)9-5-4-8(2)10(6-9)12(17)16-11(7-14)13(18)19/h4-6,11,15H,3,7H2,1-2H3,(H,16,17)(H,18,19). The summed E-state index contributed by atoms with van der Waals surface area (Å²) < 4.78 is 38.6. The zero-order chi connectivity index (χ0) is 16.9. The van der Waals surface area contributed by atoms with E-state index >= 15 is 0 Å². The molecule has 9 heteroatoms. The van der Waals surface area contributed by atoms with Crippen LogP contribution in [0.2, 0.25) is 0 Å². The van der Waals surface area contributed by atoms with Crippen molar-refractivity contribution in [2.75, 3.05) is 13.2 Å². The first kappa shape index (κ1) is 18.1. The van der Waals surface area contributed by atoms with Crippen molar-refractivity contribution < 1.29 is 27.5 Å². The summed E-state index contributed by atoms with van der Waals surface area (Å²) in [6.45, 7) is 2.08. The quantitative estimate of drug-likeness (QED) is 0.671. The van der Waals surface area contributed by atoms with Crippen molar-refractivity contribution in [1.82, 2.24) is 10.0 Å². The third-order valence-corrected chi connectivity index (χ3v) is 4.40. The molecule has 1 amide bonds. The molecule has 0 aliphatic heterocycles. The van der Waals surface area contributed by atoms with Gasteiger partial charge in [-0.05, 0) is 24.6 Å². The van der Waals surface area contributed by atoms with Crippen LogP contribution in [0, 0.1) is 6.92 Å². The highest BCUT2D eigenvalue weighted by Crippen LogP contribution is 2.16. The normalized spacial score (nSPS) is 12.7. The minimum Gasteiger partial charge on any atom is -0.480 e. The average Bonchev–Trinajstić information content (AvgIpc) is 2.44. The highest BCUT2D eigenvalue weighted by atomic mass is 32.2. The van der Waals surface area contributed by atoms with Gasteiger partial charge in [-0.3, -0.25) is 4.79 Å². The molecule has 0 saturated carbocycles. The van der Waals surface area contributed by atoms with E-state index in [0.29, 0.717) is 5.56 Å². The maximum atomic E-state index is 12.6. The van der Waals surface area contributed by atoms with Crippen LogP contribution in [-0.2, 0) is 14.8 Å². The van der Waals surface area contributed by atoms with Crippen LogP contribution >= 0.6 is 0 Å². The summed E-state index contributed by atoms with van der Waals surface area (Å²) in [6, 6.07) is 2.19. The van der Waals surface area contributed by atoms with Crippen LogP contribution in [-0.4, -0.2) is 44.7 Å². The molecule has 1 rings (SSSR count). The van der Waals surface area contributed by atoms with Crippen molar-refractivity contribution >= 4 is 21.9 Å². The molecule has 7 nitrogen and oxygen atoms in total. The van der Waals surface area contributed by atoms with Crippen LogP contribution < -0.4 is 10.0 Å². The molecule has 3 N–H and O–H groups in total. The van der Waals surface area contributed by atoms with Crippen molar-refractivity contribution in [2.24, 2.45) is 0 Å². The first-order valence-corrected chi connectivity index (χ1v) is 7.91. The maximum absolute atomic E-state index is 12.6. The second kappa shape index (κ2) is 7.32. The Kier molecular flexibility index (Phi) is 6.01. The molecule has 122 valence electrons. The SMILES string of the molecule is CCNS(=O)(=O)c1ccc(C)c(C(=O)NC(CF)C(=O)O)c1. The minimum atomic E-state index is -3.75. The van der Waals surface area contributed by atoms with Gasteiger partial charge in [-0.15, -0.1) is 0 Å². The van der Waals surface area contributed by atoms with Gasteiger partial charge in [0.25, 0.3) is 5.91 Å². The summed E-state index contributed by atoms with van der Waals surface area (Å²) in [5.41, 5.74) is 0.412. The van der Waals surface area contributed by atoms with Crippen molar-refractivity contribution in [3.63, 3.8) is 0 Å². The molecule has 0 bridgehead atoms. The van der Waals surface area contributed by atoms with Gasteiger partial charge in [0.15, 0.2) is 6.04 Å². The number of nitrogens with one attached hydrogen (secondary N) is 2. The zero-order valence-corrected chi connectivity index (χ0v) is 12.9. The van der Waals surface area contributed by atoms with E-state index < -0.39 is 34.6 Å². The van der Waals surface area contributed by atoms with Crippen molar-refractivity contribution in [3.05, 3.63) is 29.3 Å². The monoisotopic (exact) mass is 332 g/mol. The molecule has 0 aliphatic rings. The molecule has 0 saturated heterocycles. The van der Waals surface area contributed by atoms with E-state index in [9.17, 15) is 22.4 Å². The summed E-state index contributed by atoms with van der Waals surface area (Å²) in [7, 11) is -3.75. The Morgan fingerprint density at radius 3 is 2.50 bits per heavy atom. The first-order valence-electron chi connectivity index (χ1n) is 6.42. The van der Waals surface area contributed by atoms with Gasteiger partial charge in [0.2, 0.25) is 10.0 Å². The molecule has 0 aromatic heterocycles. The molecule has 0 spiro atoms. The van der Waals surface area contributed by atoms with Gasteiger partial charge in [0.1, 0.15) is 6.67 Å². The number of halogens is 1. The molecule has 1 unspecified atom stereocenters. The lowest BCUT2D eigenvalue weighted by atomic mass is 10.1. The van der Waals surface area contributed by atoms with E-state index in [0.717, 1.165) is 6.07 Å². The number of hydrogen-bond donors (Lipinski definition) is 3. The summed E-state index contributed by atoms with van der Waals surface area (Å²) in [4.78, 5) is 22.6. The van der Waals surface area contributed by atoms with Gasteiger partial charge in [-0.1, -0.05) is 13.0 Å². The second-order valence-corrected chi connectivity index (χ2v) is 6.26. The highest BCUT2D eigenvalue weighted by Gasteiger charge is 2.23. The Balaban J connectivity index is 3.14. The number of carboxylic acid groups (broad SMARTS) is 1. The molecule has 1 aromatic rings. The molecule has 22 heavy (non-hydrogen) atoms. The lowest BCUT2D eigenvalue weighted by Gasteiger charge is -2.13. The second-order valence-electron chi connectivity index (χ2n) is 4.50. The number of carbonyl (C=O) groups is 2. The van der Waals surface area contributed by atoms with E-state index in [1.54, 1.807) is 13.8 Å². The van der Waals surface area contributed by atoms with E-state index in [1.807, 2.05) is 5.32 Å². The van der Waals surface area contributed by atoms with Crippen LogP contribution in [0.25, 0.3) is 0 Å². The number of rotatable bonds is 7. The Morgan fingerprint density at radius 1 is 1.36 bits per heavy atom. The van der Waals surface area contributed by atoms with Crippen LogP contribution in [0.15, 0.2) is 23.1 Å². The summed E-state index contributed by atoms with van der Waals surface area (Å²) in [5.74, 6) is -2.36. The molecule has 0 fully saturated rings. The van der Waals surface area contributed by atoms with Gasteiger partial charge in [0.05, 0.1) is 4.90 Å². The smallest absolute Gasteiger partial charge is 0.328 e. The van der Waals surface area contributed by atoms with Gasteiger partial charge in [-0.2, -0.15) is 0 Å². The third-order valence-electron chi connectivity index (χ3n) is 2.86. The topological polar surface area (TPSA) is 113 Å². The highest BCUT2D eigenvalue weighted by molar-refractivity contribution is 7.89. The number of carboxylic acids is 1. The first-order chi connectivity index (χ1) is 10.2. The average molecular weight is 332 g/mol. The molecular weight excluding hydrogens is 315 g/mol. The zero-order valence-electron chi connectivity index (χ0n) is 12.1. The lowest BCUT2D eigenvalue weighted by Crippen LogP contribution is -2.42. The van der Waals surface area contributed by atoms with Gasteiger partial charge >= 0.3 is 5.97 Å². The van der Waals surface area contributed by atoms with Crippen LogP contribution in [0.4, 0.5) is 4.39 Å². The fourth-order valence-electron chi connectivity index (χ4n) is 1.69. The number of carbonyl (C=O) groups excluding carboxylic acids is 1.